The van der Waals surface area contributed by atoms with Crippen LogP contribution in [0.25, 0.3) is 0 Å². The van der Waals surface area contributed by atoms with E-state index in [1.807, 2.05) is 0 Å². The molecule has 0 saturated heterocycles. The monoisotopic (exact) mass is 214 g/mol. The van der Waals surface area contributed by atoms with Crippen LogP contribution >= 0.6 is 0 Å². The van der Waals surface area contributed by atoms with E-state index in [1.54, 1.807) is 0 Å². The second-order valence-electron chi connectivity index (χ2n) is 4.98. The first-order valence-electron chi connectivity index (χ1n) is 5.27. The van der Waals surface area contributed by atoms with Crippen molar-refractivity contribution in [2.24, 2.45) is 0 Å². The van der Waals surface area contributed by atoms with Crippen LogP contribution in [0.15, 0.2) is 11.6 Å². The predicted molar refractivity (Wildman–Crippen MR) is 63.4 cm³/mol. The lowest BCUT2D eigenvalue weighted by atomic mass is 10.1. The molecule has 0 spiro atoms. The number of unbranched alkanes of at least 4 members (excludes halogenated alkanes) is 1. The molecule has 0 aliphatic carbocycles. The van der Waals surface area contributed by atoms with Crippen molar-refractivity contribution in [3.05, 3.63) is 11.6 Å². The second-order valence-corrected chi connectivity index (χ2v) is 10.5. The highest BCUT2D eigenvalue weighted by Crippen LogP contribution is 2.20. The van der Waals surface area contributed by atoms with Gasteiger partial charge in [0, 0.05) is 14.1 Å². The number of carboxylic acid groups (broad SMARTS) is 1. The van der Waals surface area contributed by atoms with Crippen molar-refractivity contribution >= 4 is 14.0 Å². The standard InChI is InChI=1S/C11H22O2Si/c1-5-6-7-10(8-11(12)13)9-14(2,3)4/h8H,5-7,9H2,1-4H3,(H,12,13)/b10-8-. The van der Waals surface area contributed by atoms with Crippen molar-refractivity contribution in [2.75, 3.05) is 0 Å². The van der Waals surface area contributed by atoms with E-state index < -0.39 is 14.0 Å². The van der Waals surface area contributed by atoms with Crippen LogP contribution in [0.2, 0.25) is 25.7 Å². The maximum Gasteiger partial charge on any atom is 0.328 e. The fourth-order valence-electron chi connectivity index (χ4n) is 1.47. The van der Waals surface area contributed by atoms with Gasteiger partial charge in [-0.1, -0.05) is 38.6 Å². The summed E-state index contributed by atoms with van der Waals surface area (Å²) in [5.74, 6) is -0.797. The zero-order chi connectivity index (χ0) is 11.2. The third-order valence-corrected chi connectivity index (χ3v) is 3.45. The first-order chi connectivity index (χ1) is 6.35. The SMILES string of the molecule is CCCC/C(=C/C(=O)O)C[Si](C)(C)C. The normalized spacial score (nSPS) is 13.0. The van der Waals surface area contributed by atoms with E-state index in [9.17, 15) is 4.79 Å². The Labute approximate surface area is 88.0 Å². The van der Waals surface area contributed by atoms with Crippen molar-refractivity contribution in [3.8, 4) is 0 Å². The molecule has 2 nitrogen and oxygen atoms in total. The smallest absolute Gasteiger partial charge is 0.328 e. The molecule has 0 rings (SSSR count). The van der Waals surface area contributed by atoms with Crippen LogP contribution in [-0.4, -0.2) is 19.1 Å². The summed E-state index contributed by atoms with van der Waals surface area (Å²) in [6.45, 7) is 8.95. The molecular weight excluding hydrogens is 192 g/mol. The summed E-state index contributed by atoms with van der Waals surface area (Å²) in [6, 6.07) is 1.01. The van der Waals surface area contributed by atoms with Gasteiger partial charge >= 0.3 is 5.97 Å². The van der Waals surface area contributed by atoms with Crippen LogP contribution in [0, 0.1) is 0 Å². The van der Waals surface area contributed by atoms with Gasteiger partial charge in [-0.2, -0.15) is 0 Å². The van der Waals surface area contributed by atoms with Gasteiger partial charge in [0.1, 0.15) is 0 Å². The summed E-state index contributed by atoms with van der Waals surface area (Å²) in [5, 5.41) is 8.72. The summed E-state index contributed by atoms with van der Waals surface area (Å²) < 4.78 is 0. The molecule has 0 unspecified atom stereocenters. The van der Waals surface area contributed by atoms with Crippen molar-refractivity contribution in [2.45, 2.75) is 51.9 Å². The molecule has 0 atom stereocenters. The van der Waals surface area contributed by atoms with E-state index in [2.05, 4.69) is 26.6 Å². The Kier molecular flexibility index (Phi) is 5.77. The van der Waals surface area contributed by atoms with Crippen LogP contribution in [0.4, 0.5) is 0 Å². The molecule has 0 heterocycles. The highest BCUT2D eigenvalue weighted by atomic mass is 28.3. The minimum Gasteiger partial charge on any atom is -0.478 e. The van der Waals surface area contributed by atoms with Gasteiger partial charge in [0.25, 0.3) is 0 Å². The van der Waals surface area contributed by atoms with E-state index in [0.717, 1.165) is 30.9 Å². The van der Waals surface area contributed by atoms with Crippen molar-refractivity contribution < 1.29 is 9.90 Å². The molecule has 3 heteroatoms. The highest BCUT2D eigenvalue weighted by Gasteiger charge is 2.15. The molecule has 0 aliphatic heterocycles. The zero-order valence-electron chi connectivity index (χ0n) is 9.76. The average molecular weight is 214 g/mol. The highest BCUT2D eigenvalue weighted by molar-refractivity contribution is 6.76. The molecule has 0 bridgehead atoms. The van der Waals surface area contributed by atoms with E-state index in [0.29, 0.717) is 0 Å². The molecule has 1 N–H and O–H groups in total. The number of carbonyl (C=O) groups is 1. The Morgan fingerprint density at radius 1 is 1.36 bits per heavy atom. The Morgan fingerprint density at radius 3 is 2.29 bits per heavy atom. The number of rotatable bonds is 6. The molecule has 0 aromatic rings. The quantitative estimate of drug-likeness (QED) is 0.542. The maximum absolute atomic E-state index is 10.6. The van der Waals surface area contributed by atoms with Crippen molar-refractivity contribution in [1.82, 2.24) is 0 Å². The summed E-state index contributed by atoms with van der Waals surface area (Å²) in [6.07, 6.45) is 4.59. The molecule has 14 heavy (non-hydrogen) atoms. The van der Waals surface area contributed by atoms with Crippen LogP contribution in [0.5, 0.6) is 0 Å². The molecule has 0 aromatic heterocycles. The van der Waals surface area contributed by atoms with Gasteiger partial charge in [0.2, 0.25) is 0 Å². The summed E-state index contributed by atoms with van der Waals surface area (Å²) in [5.41, 5.74) is 1.12. The molecule has 0 saturated carbocycles. The van der Waals surface area contributed by atoms with E-state index in [-0.39, 0.29) is 0 Å². The van der Waals surface area contributed by atoms with Crippen LogP contribution < -0.4 is 0 Å². The number of allylic oxidation sites excluding steroid dienone is 1. The van der Waals surface area contributed by atoms with Crippen molar-refractivity contribution in [3.63, 3.8) is 0 Å². The van der Waals surface area contributed by atoms with Gasteiger partial charge in [-0.15, -0.1) is 0 Å². The average Bonchev–Trinajstić information content (AvgIpc) is 1.96. The lowest BCUT2D eigenvalue weighted by molar-refractivity contribution is -0.131. The summed E-state index contributed by atoms with van der Waals surface area (Å²) in [4.78, 5) is 10.6. The first-order valence-corrected chi connectivity index (χ1v) is 8.98. The minimum absolute atomic E-state index is 0.797. The van der Waals surface area contributed by atoms with Gasteiger partial charge in [0.15, 0.2) is 0 Å². The third-order valence-electron chi connectivity index (χ3n) is 1.94. The van der Waals surface area contributed by atoms with Crippen LogP contribution in [0.3, 0.4) is 0 Å². The molecular formula is C11H22O2Si. The third kappa shape index (κ3) is 8.04. The molecule has 0 aromatic carbocycles. The largest absolute Gasteiger partial charge is 0.478 e. The Hall–Kier alpha value is -0.573. The summed E-state index contributed by atoms with van der Waals surface area (Å²) in [7, 11) is -1.17. The summed E-state index contributed by atoms with van der Waals surface area (Å²) >= 11 is 0. The Bertz CT molecular complexity index is 214. The van der Waals surface area contributed by atoms with E-state index in [4.69, 9.17) is 5.11 Å². The maximum atomic E-state index is 10.6. The van der Waals surface area contributed by atoms with Crippen molar-refractivity contribution in [1.29, 1.82) is 0 Å². The Morgan fingerprint density at radius 2 is 1.93 bits per heavy atom. The van der Waals surface area contributed by atoms with Gasteiger partial charge in [0.05, 0.1) is 0 Å². The van der Waals surface area contributed by atoms with Gasteiger partial charge in [-0.25, -0.2) is 4.79 Å². The first kappa shape index (κ1) is 13.4. The molecule has 0 amide bonds. The molecule has 0 radical (unpaired) electrons. The van der Waals surface area contributed by atoms with Crippen LogP contribution in [0.1, 0.15) is 26.2 Å². The molecule has 0 aliphatic rings. The minimum atomic E-state index is -1.17. The molecule has 0 fully saturated rings. The van der Waals surface area contributed by atoms with Gasteiger partial charge in [-0.05, 0) is 18.9 Å². The second kappa shape index (κ2) is 6.01. The van der Waals surface area contributed by atoms with Crippen LogP contribution in [-0.2, 0) is 4.79 Å². The lowest BCUT2D eigenvalue weighted by Gasteiger charge is -2.17. The van der Waals surface area contributed by atoms with E-state index in [1.165, 1.54) is 6.08 Å². The number of carboxylic acids is 1. The topological polar surface area (TPSA) is 37.3 Å². The number of aliphatic carboxylic acids is 1. The van der Waals surface area contributed by atoms with E-state index >= 15 is 0 Å². The van der Waals surface area contributed by atoms with Gasteiger partial charge in [-0.3, -0.25) is 0 Å². The fourth-order valence-corrected chi connectivity index (χ4v) is 3.11. The predicted octanol–water partition coefficient (Wildman–Crippen LogP) is 3.53. The fraction of sp³-hybridized carbons (Fsp3) is 0.727. The number of hydrogen-bond acceptors (Lipinski definition) is 1. The Balaban J connectivity index is 4.33. The number of hydrogen-bond donors (Lipinski definition) is 1. The zero-order valence-corrected chi connectivity index (χ0v) is 10.8. The van der Waals surface area contributed by atoms with Gasteiger partial charge < -0.3 is 5.11 Å². The lowest BCUT2D eigenvalue weighted by Crippen LogP contribution is -2.20. The molecule has 82 valence electrons.